The van der Waals surface area contributed by atoms with Crippen LogP contribution in [0.15, 0.2) is 10.8 Å². The van der Waals surface area contributed by atoms with Crippen molar-refractivity contribution in [3.05, 3.63) is 21.9 Å². The minimum absolute atomic E-state index is 0.323. The molecule has 1 rings (SSSR count). The van der Waals surface area contributed by atoms with Crippen LogP contribution in [0.2, 0.25) is 0 Å². The predicted molar refractivity (Wildman–Crippen MR) is 49.7 cm³/mol. The number of carboxylic acids is 1. The standard InChI is InChI=1S/C9H12O2S/c1-3-7(9(10)11)8-5-12-4-6(8)2/h4-5,7H,3H2,1-2H3,(H,10,11). The van der Waals surface area contributed by atoms with Crippen molar-refractivity contribution in [2.45, 2.75) is 26.2 Å². The molecule has 3 heteroatoms. The molecule has 0 aromatic carbocycles. The molecule has 1 atom stereocenters. The fraction of sp³-hybridized carbons (Fsp3) is 0.444. The molecule has 1 aromatic heterocycles. The molecule has 0 aliphatic rings. The van der Waals surface area contributed by atoms with Crippen LogP contribution < -0.4 is 0 Å². The molecular weight excluding hydrogens is 172 g/mol. The highest BCUT2D eigenvalue weighted by atomic mass is 32.1. The van der Waals surface area contributed by atoms with Crippen LogP contribution in [0.1, 0.15) is 30.4 Å². The smallest absolute Gasteiger partial charge is 0.310 e. The maximum atomic E-state index is 10.8. The molecule has 0 radical (unpaired) electrons. The van der Waals surface area contributed by atoms with Crippen LogP contribution in [0.3, 0.4) is 0 Å². The molecule has 0 spiro atoms. The molecule has 2 nitrogen and oxygen atoms in total. The van der Waals surface area contributed by atoms with E-state index in [2.05, 4.69) is 0 Å². The van der Waals surface area contributed by atoms with E-state index in [1.807, 2.05) is 24.6 Å². The van der Waals surface area contributed by atoms with E-state index in [0.29, 0.717) is 6.42 Å². The van der Waals surface area contributed by atoms with Crippen molar-refractivity contribution in [1.82, 2.24) is 0 Å². The van der Waals surface area contributed by atoms with Gasteiger partial charge in [-0.15, -0.1) is 0 Å². The number of aryl methyl sites for hydroxylation is 1. The van der Waals surface area contributed by atoms with Gasteiger partial charge in [-0.3, -0.25) is 4.79 Å². The Morgan fingerprint density at radius 3 is 2.67 bits per heavy atom. The first-order valence-corrected chi connectivity index (χ1v) is 4.86. The summed E-state index contributed by atoms with van der Waals surface area (Å²) in [6.45, 7) is 3.85. The number of thiophene rings is 1. The fourth-order valence-electron chi connectivity index (χ4n) is 1.25. The third-order valence-corrected chi connectivity index (χ3v) is 2.86. The second-order valence-corrected chi connectivity index (χ2v) is 3.55. The van der Waals surface area contributed by atoms with Crippen LogP contribution in [0, 0.1) is 6.92 Å². The van der Waals surface area contributed by atoms with Crippen molar-refractivity contribution in [2.75, 3.05) is 0 Å². The summed E-state index contributed by atoms with van der Waals surface area (Å²) in [6, 6.07) is 0. The first-order valence-electron chi connectivity index (χ1n) is 3.92. The summed E-state index contributed by atoms with van der Waals surface area (Å²) in [7, 11) is 0. The van der Waals surface area contributed by atoms with Gasteiger partial charge in [0, 0.05) is 0 Å². The number of hydrogen-bond acceptors (Lipinski definition) is 2. The van der Waals surface area contributed by atoms with E-state index < -0.39 is 5.97 Å². The van der Waals surface area contributed by atoms with Crippen molar-refractivity contribution in [1.29, 1.82) is 0 Å². The largest absolute Gasteiger partial charge is 0.481 e. The lowest BCUT2D eigenvalue weighted by atomic mass is 9.97. The molecule has 1 aromatic rings. The third kappa shape index (κ3) is 1.67. The number of carbonyl (C=O) groups is 1. The highest BCUT2D eigenvalue weighted by molar-refractivity contribution is 7.08. The Bertz CT molecular complexity index is 278. The quantitative estimate of drug-likeness (QED) is 0.784. The van der Waals surface area contributed by atoms with Gasteiger partial charge in [-0.05, 0) is 35.2 Å². The van der Waals surface area contributed by atoms with E-state index in [9.17, 15) is 4.79 Å². The Balaban J connectivity index is 2.94. The molecule has 12 heavy (non-hydrogen) atoms. The summed E-state index contributed by atoms with van der Waals surface area (Å²) < 4.78 is 0. The monoisotopic (exact) mass is 184 g/mol. The van der Waals surface area contributed by atoms with Gasteiger partial charge < -0.3 is 5.11 Å². The topological polar surface area (TPSA) is 37.3 Å². The SMILES string of the molecule is CCC(C(=O)O)c1cscc1C. The average Bonchev–Trinajstić information content (AvgIpc) is 2.38. The summed E-state index contributed by atoms with van der Waals surface area (Å²) in [5.74, 6) is -1.05. The lowest BCUT2D eigenvalue weighted by Crippen LogP contribution is -2.10. The van der Waals surface area contributed by atoms with Crippen LogP contribution in [0.4, 0.5) is 0 Å². The molecule has 0 saturated carbocycles. The number of rotatable bonds is 3. The molecule has 0 aliphatic carbocycles. The van der Waals surface area contributed by atoms with Gasteiger partial charge >= 0.3 is 5.97 Å². The Hall–Kier alpha value is -0.830. The van der Waals surface area contributed by atoms with Gasteiger partial charge in [-0.1, -0.05) is 6.92 Å². The van der Waals surface area contributed by atoms with Crippen molar-refractivity contribution in [3.63, 3.8) is 0 Å². The minimum Gasteiger partial charge on any atom is -0.481 e. The van der Waals surface area contributed by atoms with E-state index in [0.717, 1.165) is 11.1 Å². The summed E-state index contributed by atoms with van der Waals surface area (Å²) in [4.78, 5) is 10.8. The zero-order chi connectivity index (χ0) is 9.14. The molecule has 0 fully saturated rings. The summed E-state index contributed by atoms with van der Waals surface area (Å²) in [5, 5.41) is 12.8. The Morgan fingerprint density at radius 2 is 2.33 bits per heavy atom. The molecular formula is C9H12O2S. The molecule has 1 heterocycles. The van der Waals surface area contributed by atoms with Gasteiger partial charge in [0.05, 0.1) is 5.92 Å². The zero-order valence-corrected chi connectivity index (χ0v) is 8.02. The maximum Gasteiger partial charge on any atom is 0.310 e. The molecule has 0 aliphatic heterocycles. The lowest BCUT2D eigenvalue weighted by Gasteiger charge is -2.08. The molecule has 0 saturated heterocycles. The molecule has 0 bridgehead atoms. The number of aliphatic carboxylic acids is 1. The molecule has 0 amide bonds. The molecule has 1 N–H and O–H groups in total. The number of hydrogen-bond donors (Lipinski definition) is 1. The highest BCUT2D eigenvalue weighted by Gasteiger charge is 2.19. The molecule has 66 valence electrons. The Labute approximate surface area is 75.9 Å². The lowest BCUT2D eigenvalue weighted by molar-refractivity contribution is -0.138. The van der Waals surface area contributed by atoms with Gasteiger partial charge in [0.15, 0.2) is 0 Å². The van der Waals surface area contributed by atoms with E-state index in [1.54, 1.807) is 11.3 Å². The van der Waals surface area contributed by atoms with Gasteiger partial charge in [0.1, 0.15) is 0 Å². The van der Waals surface area contributed by atoms with Crippen LogP contribution in [0.5, 0.6) is 0 Å². The van der Waals surface area contributed by atoms with Crippen LogP contribution >= 0.6 is 11.3 Å². The maximum absolute atomic E-state index is 10.8. The molecule has 1 unspecified atom stereocenters. The van der Waals surface area contributed by atoms with E-state index >= 15 is 0 Å². The predicted octanol–water partition coefficient (Wildman–Crippen LogP) is 2.63. The first-order chi connectivity index (χ1) is 5.66. The normalized spacial score (nSPS) is 12.8. The van der Waals surface area contributed by atoms with Crippen LogP contribution in [0.25, 0.3) is 0 Å². The van der Waals surface area contributed by atoms with Crippen LogP contribution in [-0.2, 0) is 4.79 Å². The van der Waals surface area contributed by atoms with Gasteiger partial charge in [-0.2, -0.15) is 11.3 Å². The van der Waals surface area contributed by atoms with Gasteiger partial charge in [0.2, 0.25) is 0 Å². The summed E-state index contributed by atoms with van der Waals surface area (Å²) >= 11 is 1.56. The van der Waals surface area contributed by atoms with Crippen molar-refractivity contribution >= 4 is 17.3 Å². The number of carboxylic acid groups (broad SMARTS) is 1. The first kappa shape index (κ1) is 9.26. The van der Waals surface area contributed by atoms with E-state index in [1.165, 1.54) is 0 Å². The van der Waals surface area contributed by atoms with E-state index in [-0.39, 0.29) is 5.92 Å². The van der Waals surface area contributed by atoms with Crippen molar-refractivity contribution in [3.8, 4) is 0 Å². The second kappa shape index (κ2) is 3.72. The van der Waals surface area contributed by atoms with Crippen molar-refractivity contribution in [2.24, 2.45) is 0 Å². The van der Waals surface area contributed by atoms with Crippen LogP contribution in [-0.4, -0.2) is 11.1 Å². The van der Waals surface area contributed by atoms with E-state index in [4.69, 9.17) is 5.11 Å². The summed E-state index contributed by atoms with van der Waals surface area (Å²) in [6.07, 6.45) is 0.660. The fourth-order valence-corrected chi connectivity index (χ4v) is 2.16. The zero-order valence-electron chi connectivity index (χ0n) is 7.20. The average molecular weight is 184 g/mol. The highest BCUT2D eigenvalue weighted by Crippen LogP contribution is 2.26. The Kier molecular flexibility index (Phi) is 2.87. The third-order valence-electron chi connectivity index (χ3n) is 1.98. The Morgan fingerprint density at radius 1 is 1.67 bits per heavy atom. The second-order valence-electron chi connectivity index (χ2n) is 2.81. The van der Waals surface area contributed by atoms with Gasteiger partial charge in [-0.25, -0.2) is 0 Å². The van der Waals surface area contributed by atoms with Gasteiger partial charge in [0.25, 0.3) is 0 Å². The summed E-state index contributed by atoms with van der Waals surface area (Å²) in [5.41, 5.74) is 2.06. The minimum atomic E-state index is -0.723. The van der Waals surface area contributed by atoms with Crippen molar-refractivity contribution < 1.29 is 9.90 Å².